The molecule has 2 atom stereocenters. The van der Waals surface area contributed by atoms with E-state index in [9.17, 15) is 9.18 Å². The minimum atomic E-state index is -0.775. The van der Waals surface area contributed by atoms with Crippen LogP contribution in [0.3, 0.4) is 0 Å². The number of carbonyl (C=O) groups is 1. The molecule has 0 spiro atoms. The first kappa shape index (κ1) is 17.4. The SMILES string of the molecule is COCCCNC(=O)C(C)Oc1ccc(C(C)N)cc1F. The van der Waals surface area contributed by atoms with Crippen molar-refractivity contribution in [2.75, 3.05) is 20.3 Å². The van der Waals surface area contributed by atoms with E-state index in [0.717, 1.165) is 0 Å². The summed E-state index contributed by atoms with van der Waals surface area (Å²) in [6.07, 6.45) is -0.0601. The normalized spacial score (nSPS) is 13.6. The molecular weight excluding hydrogens is 275 g/mol. The first-order chi connectivity index (χ1) is 9.95. The Bertz CT molecular complexity index is 466. The molecule has 6 heteroatoms. The standard InChI is InChI=1S/C15H23FN2O3/c1-10(17)12-5-6-14(13(16)9-12)21-11(2)15(19)18-7-4-8-20-3/h5-6,9-11H,4,7-8,17H2,1-3H3,(H,18,19). The van der Waals surface area contributed by atoms with E-state index in [4.69, 9.17) is 15.2 Å². The van der Waals surface area contributed by atoms with Crippen LogP contribution in [-0.2, 0) is 9.53 Å². The van der Waals surface area contributed by atoms with Gasteiger partial charge in [-0.1, -0.05) is 6.07 Å². The second-order valence-electron chi connectivity index (χ2n) is 4.88. The van der Waals surface area contributed by atoms with Crippen molar-refractivity contribution in [3.05, 3.63) is 29.6 Å². The van der Waals surface area contributed by atoms with Gasteiger partial charge < -0.3 is 20.5 Å². The molecule has 0 fully saturated rings. The first-order valence-electron chi connectivity index (χ1n) is 6.94. The number of rotatable bonds is 8. The summed E-state index contributed by atoms with van der Waals surface area (Å²) in [4.78, 5) is 11.8. The van der Waals surface area contributed by atoms with Crippen molar-refractivity contribution in [3.8, 4) is 5.75 Å². The second kappa shape index (κ2) is 8.59. The fourth-order valence-electron chi connectivity index (χ4n) is 1.71. The quantitative estimate of drug-likeness (QED) is 0.717. The molecule has 0 radical (unpaired) electrons. The highest BCUT2D eigenvalue weighted by atomic mass is 19.1. The third kappa shape index (κ3) is 5.69. The van der Waals surface area contributed by atoms with Crippen molar-refractivity contribution in [2.45, 2.75) is 32.4 Å². The van der Waals surface area contributed by atoms with Crippen LogP contribution in [0.4, 0.5) is 4.39 Å². The molecule has 1 rings (SSSR count). The molecule has 1 aromatic rings. The van der Waals surface area contributed by atoms with E-state index < -0.39 is 11.9 Å². The second-order valence-corrected chi connectivity index (χ2v) is 4.88. The maximum absolute atomic E-state index is 13.9. The molecule has 0 bridgehead atoms. The molecule has 0 aliphatic carbocycles. The summed E-state index contributed by atoms with van der Waals surface area (Å²) in [5.74, 6) is -0.774. The van der Waals surface area contributed by atoms with Crippen LogP contribution in [0.5, 0.6) is 5.75 Å². The van der Waals surface area contributed by atoms with Gasteiger partial charge in [0.05, 0.1) is 0 Å². The van der Waals surface area contributed by atoms with Crippen molar-refractivity contribution in [3.63, 3.8) is 0 Å². The van der Waals surface area contributed by atoms with Crippen LogP contribution in [0.25, 0.3) is 0 Å². The maximum Gasteiger partial charge on any atom is 0.260 e. The topological polar surface area (TPSA) is 73.6 Å². The molecule has 0 saturated carbocycles. The van der Waals surface area contributed by atoms with Gasteiger partial charge in [-0.3, -0.25) is 4.79 Å². The molecule has 2 unspecified atom stereocenters. The van der Waals surface area contributed by atoms with Crippen LogP contribution in [-0.4, -0.2) is 32.3 Å². The molecule has 0 aromatic heterocycles. The number of hydrogen-bond acceptors (Lipinski definition) is 4. The smallest absolute Gasteiger partial charge is 0.260 e. The van der Waals surface area contributed by atoms with E-state index >= 15 is 0 Å². The number of amides is 1. The van der Waals surface area contributed by atoms with Gasteiger partial charge in [0.2, 0.25) is 0 Å². The summed E-state index contributed by atoms with van der Waals surface area (Å²) in [6, 6.07) is 4.24. The number of carbonyl (C=O) groups excluding carboxylic acids is 1. The Hall–Kier alpha value is -1.66. The Kier molecular flexibility index (Phi) is 7.11. The monoisotopic (exact) mass is 298 g/mol. The van der Waals surface area contributed by atoms with Crippen molar-refractivity contribution in [2.24, 2.45) is 5.73 Å². The Morgan fingerprint density at radius 3 is 2.71 bits per heavy atom. The molecular formula is C15H23FN2O3. The van der Waals surface area contributed by atoms with Crippen molar-refractivity contribution >= 4 is 5.91 Å². The van der Waals surface area contributed by atoms with E-state index in [1.54, 1.807) is 27.0 Å². The molecule has 118 valence electrons. The fourth-order valence-corrected chi connectivity index (χ4v) is 1.71. The summed E-state index contributed by atoms with van der Waals surface area (Å²) in [5, 5.41) is 2.70. The van der Waals surface area contributed by atoms with Crippen LogP contribution >= 0.6 is 0 Å². The number of methoxy groups -OCH3 is 1. The largest absolute Gasteiger partial charge is 0.478 e. The highest BCUT2D eigenvalue weighted by Gasteiger charge is 2.16. The van der Waals surface area contributed by atoms with E-state index in [0.29, 0.717) is 25.1 Å². The average Bonchev–Trinajstić information content (AvgIpc) is 2.45. The molecule has 5 nitrogen and oxygen atoms in total. The first-order valence-corrected chi connectivity index (χ1v) is 6.94. The third-order valence-electron chi connectivity index (χ3n) is 2.98. The molecule has 0 aliphatic rings. The zero-order valence-corrected chi connectivity index (χ0v) is 12.7. The van der Waals surface area contributed by atoms with Gasteiger partial charge >= 0.3 is 0 Å². The van der Waals surface area contributed by atoms with Gasteiger partial charge in [0, 0.05) is 26.3 Å². The van der Waals surface area contributed by atoms with Gasteiger partial charge in [0.25, 0.3) is 5.91 Å². The number of nitrogens with two attached hydrogens (primary N) is 1. The summed E-state index contributed by atoms with van der Waals surface area (Å²) >= 11 is 0. The predicted octanol–water partition coefficient (Wildman–Crippen LogP) is 1.77. The summed E-state index contributed by atoms with van der Waals surface area (Å²) in [6.45, 7) is 4.41. The van der Waals surface area contributed by atoms with Crippen LogP contribution in [0.1, 0.15) is 31.9 Å². The van der Waals surface area contributed by atoms with Crippen molar-refractivity contribution in [1.82, 2.24) is 5.32 Å². The number of benzene rings is 1. The van der Waals surface area contributed by atoms with Crippen molar-refractivity contribution in [1.29, 1.82) is 0 Å². The molecule has 1 aromatic carbocycles. The van der Waals surface area contributed by atoms with Gasteiger partial charge in [-0.15, -0.1) is 0 Å². The van der Waals surface area contributed by atoms with Crippen molar-refractivity contribution < 1.29 is 18.7 Å². The Morgan fingerprint density at radius 2 is 2.14 bits per heavy atom. The molecule has 0 saturated heterocycles. The Balaban J connectivity index is 2.54. The van der Waals surface area contributed by atoms with Crippen LogP contribution in [0.15, 0.2) is 18.2 Å². The number of ether oxygens (including phenoxy) is 2. The number of hydrogen-bond donors (Lipinski definition) is 2. The van der Waals surface area contributed by atoms with Gasteiger partial charge in [-0.05, 0) is 38.0 Å². The van der Waals surface area contributed by atoms with Gasteiger partial charge in [-0.2, -0.15) is 0 Å². The lowest BCUT2D eigenvalue weighted by Crippen LogP contribution is -2.37. The van der Waals surface area contributed by atoms with Gasteiger partial charge in [0.1, 0.15) is 0 Å². The van der Waals surface area contributed by atoms with Gasteiger partial charge in [0.15, 0.2) is 17.7 Å². The predicted molar refractivity (Wildman–Crippen MR) is 78.6 cm³/mol. The zero-order valence-electron chi connectivity index (χ0n) is 12.7. The van der Waals surface area contributed by atoms with Crippen LogP contribution in [0, 0.1) is 5.82 Å². The molecule has 21 heavy (non-hydrogen) atoms. The molecule has 3 N–H and O–H groups in total. The molecule has 0 heterocycles. The maximum atomic E-state index is 13.9. The highest BCUT2D eigenvalue weighted by Crippen LogP contribution is 2.22. The highest BCUT2D eigenvalue weighted by molar-refractivity contribution is 5.80. The average molecular weight is 298 g/mol. The molecule has 1 amide bonds. The van der Waals surface area contributed by atoms with E-state index in [1.165, 1.54) is 12.1 Å². The van der Waals surface area contributed by atoms with Gasteiger partial charge in [-0.25, -0.2) is 4.39 Å². The van der Waals surface area contributed by atoms with E-state index in [-0.39, 0.29) is 17.7 Å². The number of halogens is 1. The molecule has 0 aliphatic heterocycles. The van der Waals surface area contributed by atoms with Crippen LogP contribution < -0.4 is 15.8 Å². The zero-order chi connectivity index (χ0) is 15.8. The lowest BCUT2D eigenvalue weighted by molar-refractivity contribution is -0.127. The summed E-state index contributed by atoms with van der Waals surface area (Å²) in [5.41, 5.74) is 6.36. The summed E-state index contributed by atoms with van der Waals surface area (Å²) in [7, 11) is 1.60. The fraction of sp³-hybridized carbons (Fsp3) is 0.533. The minimum absolute atomic E-state index is 0.0407. The van der Waals surface area contributed by atoms with E-state index in [2.05, 4.69) is 5.32 Å². The lowest BCUT2D eigenvalue weighted by Gasteiger charge is -2.16. The van der Waals surface area contributed by atoms with E-state index in [1.807, 2.05) is 0 Å². The Morgan fingerprint density at radius 1 is 1.43 bits per heavy atom. The Labute approximate surface area is 124 Å². The minimum Gasteiger partial charge on any atom is -0.478 e. The van der Waals surface area contributed by atoms with Crippen LogP contribution in [0.2, 0.25) is 0 Å². The number of nitrogens with one attached hydrogen (secondary N) is 1. The lowest BCUT2D eigenvalue weighted by atomic mass is 10.1. The third-order valence-corrected chi connectivity index (χ3v) is 2.98. The summed E-state index contributed by atoms with van der Waals surface area (Å²) < 4.78 is 24.1.